The minimum absolute atomic E-state index is 0.0302. The first kappa shape index (κ1) is 35.5. The Balaban J connectivity index is 1.01. The van der Waals surface area contributed by atoms with Gasteiger partial charge in [0.05, 0.1) is 0 Å². The van der Waals surface area contributed by atoms with Crippen LogP contribution in [0, 0.1) is 0 Å². The van der Waals surface area contributed by atoms with Crippen LogP contribution < -0.4 is 4.90 Å². The number of hydrogen-bond acceptors (Lipinski definition) is 1. The first-order chi connectivity index (χ1) is 29.0. The first-order valence-corrected chi connectivity index (χ1v) is 21.3. The average molecular weight is 758 g/mol. The number of anilines is 2. The Labute approximate surface area is 348 Å². The van der Waals surface area contributed by atoms with Gasteiger partial charge in [0.1, 0.15) is 0 Å². The second kappa shape index (κ2) is 14.3. The maximum absolute atomic E-state index is 2.50. The smallest absolute Gasteiger partial charge is 0.0464 e. The Morgan fingerprint density at radius 1 is 0.492 bits per heavy atom. The highest BCUT2D eigenvalue weighted by molar-refractivity contribution is 6.00. The van der Waals surface area contributed by atoms with Gasteiger partial charge in [0, 0.05) is 28.4 Å². The Bertz CT molecular complexity index is 2950. The molecule has 1 heteroatoms. The summed E-state index contributed by atoms with van der Waals surface area (Å²) in [5, 5.41) is 2.63. The molecule has 0 amide bonds. The maximum Gasteiger partial charge on any atom is 0.0464 e. The summed E-state index contributed by atoms with van der Waals surface area (Å²) >= 11 is 0. The predicted octanol–water partition coefficient (Wildman–Crippen LogP) is 15.5. The van der Waals surface area contributed by atoms with E-state index in [4.69, 9.17) is 0 Å². The summed E-state index contributed by atoms with van der Waals surface area (Å²) in [6, 6.07) is 68.2. The van der Waals surface area contributed by atoms with E-state index in [1.807, 2.05) is 0 Å². The Kier molecular flexibility index (Phi) is 8.59. The first-order valence-electron chi connectivity index (χ1n) is 21.3. The third kappa shape index (κ3) is 6.07. The van der Waals surface area contributed by atoms with E-state index in [0.717, 1.165) is 25.7 Å². The fourth-order valence-electron chi connectivity index (χ4n) is 10.4. The number of fused-ring (bicyclic) bond motifs is 8. The molecular formula is C58H47N. The monoisotopic (exact) mass is 757 g/mol. The highest BCUT2D eigenvalue weighted by Gasteiger charge is 2.36. The van der Waals surface area contributed by atoms with E-state index < -0.39 is 0 Å². The van der Waals surface area contributed by atoms with E-state index in [-0.39, 0.29) is 5.41 Å². The van der Waals surface area contributed by atoms with Crippen LogP contribution in [0.4, 0.5) is 11.4 Å². The van der Waals surface area contributed by atoms with Crippen LogP contribution in [0.15, 0.2) is 200 Å². The largest absolute Gasteiger partial charge is 0.314 e. The van der Waals surface area contributed by atoms with Gasteiger partial charge in [-0.15, -0.1) is 0 Å². The van der Waals surface area contributed by atoms with Crippen LogP contribution in [0.1, 0.15) is 72.4 Å². The van der Waals surface area contributed by atoms with Gasteiger partial charge >= 0.3 is 0 Å². The highest BCUT2D eigenvalue weighted by atomic mass is 15.1. The molecule has 59 heavy (non-hydrogen) atoms. The molecule has 0 aromatic heterocycles. The van der Waals surface area contributed by atoms with E-state index in [1.165, 1.54) is 100 Å². The van der Waals surface area contributed by atoms with Crippen LogP contribution in [0.2, 0.25) is 0 Å². The van der Waals surface area contributed by atoms with Crippen molar-refractivity contribution in [2.75, 3.05) is 4.90 Å². The van der Waals surface area contributed by atoms with Gasteiger partial charge in [-0.3, -0.25) is 0 Å². The molecule has 3 aliphatic rings. The summed E-state index contributed by atoms with van der Waals surface area (Å²) in [4.78, 5) is 2.50. The summed E-state index contributed by atoms with van der Waals surface area (Å²) < 4.78 is 0. The molecule has 0 N–H and O–H groups in total. The molecule has 0 fully saturated rings. The van der Waals surface area contributed by atoms with Crippen molar-refractivity contribution in [3.63, 3.8) is 0 Å². The van der Waals surface area contributed by atoms with Crippen LogP contribution in [0.3, 0.4) is 0 Å². The zero-order valence-electron chi connectivity index (χ0n) is 33.8. The second-order valence-electron chi connectivity index (χ2n) is 17.1. The predicted molar refractivity (Wildman–Crippen MR) is 249 cm³/mol. The van der Waals surface area contributed by atoms with Crippen molar-refractivity contribution < 1.29 is 0 Å². The summed E-state index contributed by atoms with van der Waals surface area (Å²) in [5.41, 5.74) is 21.4. The van der Waals surface area contributed by atoms with Gasteiger partial charge in [-0.05, 0) is 145 Å². The van der Waals surface area contributed by atoms with Crippen molar-refractivity contribution in [2.45, 2.75) is 50.9 Å². The van der Waals surface area contributed by atoms with Crippen LogP contribution in [0.25, 0.3) is 49.7 Å². The molecule has 8 aromatic rings. The number of nitrogens with zero attached hydrogens (tertiary/aromatic N) is 1. The van der Waals surface area contributed by atoms with Gasteiger partial charge in [0.15, 0.2) is 0 Å². The molecule has 11 rings (SSSR count). The van der Waals surface area contributed by atoms with E-state index in [9.17, 15) is 0 Å². The highest BCUT2D eigenvalue weighted by Crippen LogP contribution is 2.51. The third-order valence-electron chi connectivity index (χ3n) is 13.5. The van der Waals surface area contributed by atoms with Gasteiger partial charge in [0.2, 0.25) is 0 Å². The number of hydrogen-bond donors (Lipinski definition) is 0. The van der Waals surface area contributed by atoms with Crippen molar-refractivity contribution >= 4 is 27.7 Å². The quantitative estimate of drug-likeness (QED) is 0.163. The number of aryl methyl sites for hydroxylation is 1. The molecule has 3 aliphatic carbocycles. The lowest BCUT2D eigenvalue weighted by Gasteiger charge is -2.31. The Morgan fingerprint density at radius 3 is 2.02 bits per heavy atom. The summed E-state index contributed by atoms with van der Waals surface area (Å²) in [6.07, 6.45) is 8.79. The van der Waals surface area contributed by atoms with Crippen LogP contribution in [-0.2, 0) is 11.8 Å². The topological polar surface area (TPSA) is 3.24 Å². The number of rotatable bonds is 6. The van der Waals surface area contributed by atoms with Crippen molar-refractivity contribution in [1.29, 1.82) is 0 Å². The molecule has 1 atom stereocenters. The molecular weight excluding hydrogens is 711 g/mol. The zero-order valence-corrected chi connectivity index (χ0v) is 33.8. The van der Waals surface area contributed by atoms with Gasteiger partial charge in [-0.1, -0.05) is 172 Å². The molecule has 1 nitrogen and oxygen atoms in total. The van der Waals surface area contributed by atoms with Gasteiger partial charge in [-0.25, -0.2) is 0 Å². The molecule has 0 spiro atoms. The fourth-order valence-corrected chi connectivity index (χ4v) is 10.4. The van der Waals surface area contributed by atoms with Crippen LogP contribution in [0.5, 0.6) is 0 Å². The maximum atomic E-state index is 2.50. The van der Waals surface area contributed by atoms with E-state index in [2.05, 4.69) is 213 Å². The van der Waals surface area contributed by atoms with Gasteiger partial charge < -0.3 is 4.90 Å². The normalized spacial score (nSPS) is 16.2. The summed E-state index contributed by atoms with van der Waals surface area (Å²) in [5.74, 6) is 0.350. The third-order valence-corrected chi connectivity index (χ3v) is 13.5. The molecule has 284 valence electrons. The summed E-state index contributed by atoms with van der Waals surface area (Å²) in [6.45, 7) is 4.72. The molecule has 8 aromatic carbocycles. The minimum Gasteiger partial charge on any atom is -0.314 e. The molecule has 0 radical (unpaired) electrons. The lowest BCUT2D eigenvalue weighted by molar-refractivity contribution is 0.660. The fraction of sp³-hybridized carbons (Fsp3) is 0.138. The molecule has 0 saturated carbocycles. The summed E-state index contributed by atoms with van der Waals surface area (Å²) in [7, 11) is 0. The number of benzene rings is 8. The van der Waals surface area contributed by atoms with E-state index in [1.54, 1.807) is 0 Å². The molecule has 0 saturated heterocycles. The SMILES string of the molecule is CC1(C)c2ccccc2-c2cc(N(C3=CC=C(c4ccccc4)CC3)c3ccc(-c4ccc5c(c4)-c4c(ccc6ccccc46)C(c4ccccc4)CC5)cc3)ccc21. The molecule has 1 unspecified atom stereocenters. The molecule has 0 bridgehead atoms. The Hall–Kier alpha value is -6.70. The van der Waals surface area contributed by atoms with Crippen molar-refractivity contribution in [3.8, 4) is 33.4 Å². The van der Waals surface area contributed by atoms with Gasteiger partial charge in [0.25, 0.3) is 0 Å². The van der Waals surface area contributed by atoms with Crippen molar-refractivity contribution in [3.05, 3.63) is 233 Å². The van der Waals surface area contributed by atoms with E-state index in [0.29, 0.717) is 5.92 Å². The standard InChI is InChI=1S/C58H47N/c1-58(2)55-20-12-11-19-51(55)54-38-48(33-36-56(54)58)59(46-29-23-40(24-30-46)39-13-5-3-6-14-39)47-31-25-41(26-32-47)45-22-21-44-27-34-49(42-15-7-4-8-16-42)52-35-28-43-17-9-10-18-50(43)57(52)53(44)37-45/h3-23,25-26,28-29,31-33,35-38,49H,24,27,30,34H2,1-2H3. The van der Waals surface area contributed by atoms with Crippen LogP contribution >= 0.6 is 0 Å². The lowest BCUT2D eigenvalue weighted by atomic mass is 9.82. The van der Waals surface area contributed by atoms with Crippen LogP contribution in [-0.4, -0.2) is 0 Å². The Morgan fingerprint density at radius 2 is 1.20 bits per heavy atom. The molecule has 0 aliphatic heterocycles. The van der Waals surface area contributed by atoms with E-state index >= 15 is 0 Å². The number of allylic oxidation sites excluding steroid dienone is 4. The average Bonchev–Trinajstić information content (AvgIpc) is 3.40. The molecule has 0 heterocycles. The van der Waals surface area contributed by atoms with Crippen molar-refractivity contribution in [1.82, 2.24) is 0 Å². The zero-order chi connectivity index (χ0) is 39.5. The minimum atomic E-state index is -0.0302. The lowest BCUT2D eigenvalue weighted by Crippen LogP contribution is -2.19. The van der Waals surface area contributed by atoms with Gasteiger partial charge in [-0.2, -0.15) is 0 Å². The van der Waals surface area contributed by atoms with Crippen molar-refractivity contribution in [2.24, 2.45) is 0 Å². The second-order valence-corrected chi connectivity index (χ2v) is 17.1.